The molecule has 0 atom stereocenters. The van der Waals surface area contributed by atoms with Crippen LogP contribution >= 0.6 is 0 Å². The monoisotopic (exact) mass is 581 g/mol. The molecule has 2 N–H and O–H groups in total. The van der Waals surface area contributed by atoms with Crippen LogP contribution in [-0.4, -0.2) is 59.4 Å². The molecule has 0 saturated carbocycles. The Morgan fingerprint density at radius 3 is 2.67 bits per heavy atom. The van der Waals surface area contributed by atoms with E-state index >= 15 is 0 Å². The van der Waals surface area contributed by atoms with Crippen LogP contribution in [0.2, 0.25) is 0 Å². The second-order valence-corrected chi connectivity index (χ2v) is 10.3. The number of benzene rings is 2. The van der Waals surface area contributed by atoms with Gasteiger partial charge in [0.1, 0.15) is 5.82 Å². The number of urea groups is 1. The van der Waals surface area contributed by atoms with Gasteiger partial charge >= 0.3 is 12.2 Å². The molecule has 4 amide bonds. The Morgan fingerprint density at radius 2 is 1.93 bits per heavy atom. The number of fused-ring (bicyclic) bond motifs is 1. The van der Waals surface area contributed by atoms with Crippen molar-refractivity contribution in [2.45, 2.75) is 38.9 Å². The zero-order valence-corrected chi connectivity index (χ0v) is 23.2. The molecule has 5 rings (SSSR count). The number of carbonyl (C=O) groups excluding carboxylic acids is 3. The highest BCUT2D eigenvalue weighted by Crippen LogP contribution is 2.34. The van der Waals surface area contributed by atoms with Crippen LogP contribution < -0.4 is 20.4 Å². The number of nitrogens with one attached hydrogen (secondary N) is 2. The molecule has 0 spiro atoms. The maximum atomic E-state index is 13.4. The summed E-state index contributed by atoms with van der Waals surface area (Å²) in [5.74, 6) is 0.326. The molecule has 0 unspecified atom stereocenters. The molecule has 10 nitrogen and oxygen atoms in total. The van der Waals surface area contributed by atoms with Crippen molar-refractivity contribution >= 4 is 41.0 Å². The number of carbonyl (C=O) groups is 3. The molecule has 0 bridgehead atoms. The van der Waals surface area contributed by atoms with Gasteiger partial charge in [-0.05, 0) is 55.7 Å². The average Bonchev–Trinajstić information content (AvgIpc) is 3.38. The van der Waals surface area contributed by atoms with Crippen LogP contribution in [0.4, 0.5) is 41.1 Å². The summed E-state index contributed by atoms with van der Waals surface area (Å²) >= 11 is 0. The van der Waals surface area contributed by atoms with Crippen molar-refractivity contribution in [3.63, 3.8) is 0 Å². The Labute approximate surface area is 240 Å². The molecule has 220 valence electrons. The lowest BCUT2D eigenvalue weighted by Gasteiger charge is -2.35. The van der Waals surface area contributed by atoms with E-state index in [1.165, 1.54) is 21.9 Å². The van der Waals surface area contributed by atoms with Crippen molar-refractivity contribution in [3.8, 4) is 0 Å². The van der Waals surface area contributed by atoms with E-state index in [2.05, 4.69) is 20.6 Å². The largest absolute Gasteiger partial charge is 0.416 e. The summed E-state index contributed by atoms with van der Waals surface area (Å²) in [5.41, 5.74) is 1.26. The minimum atomic E-state index is -4.57. The van der Waals surface area contributed by atoms with Crippen molar-refractivity contribution in [2.24, 2.45) is 0 Å². The highest BCUT2D eigenvalue weighted by molar-refractivity contribution is 6.07. The lowest BCUT2D eigenvalue weighted by molar-refractivity contribution is -0.137. The Kier molecular flexibility index (Phi) is 8.01. The van der Waals surface area contributed by atoms with E-state index < -0.39 is 17.6 Å². The van der Waals surface area contributed by atoms with Gasteiger partial charge in [0.25, 0.3) is 5.91 Å². The number of anilines is 4. The summed E-state index contributed by atoms with van der Waals surface area (Å²) in [6, 6.07) is 8.79. The van der Waals surface area contributed by atoms with Crippen molar-refractivity contribution in [2.75, 3.05) is 47.1 Å². The molecule has 1 saturated heterocycles. The third-order valence-electron chi connectivity index (χ3n) is 7.27. The first-order chi connectivity index (χ1) is 20.0. The zero-order chi connectivity index (χ0) is 30.0. The Hall–Kier alpha value is -4.68. The number of aryl methyl sites for hydroxylation is 1. The number of aromatic nitrogens is 2. The lowest BCUT2D eigenvalue weighted by Crippen LogP contribution is -2.46. The summed E-state index contributed by atoms with van der Waals surface area (Å²) < 4.78 is 39.3. The summed E-state index contributed by atoms with van der Waals surface area (Å²) in [6.07, 6.45) is -0.666. The number of rotatable bonds is 8. The van der Waals surface area contributed by atoms with E-state index in [1.54, 1.807) is 31.4 Å². The minimum absolute atomic E-state index is 0.138. The SMILES string of the molecule is Cc1ccc(NC(=O)c2cccc(C(F)(F)F)c2)cc1N1Cc2cnc(NCCCN3CCCC3=O)nc2N(C)C1=O. The first-order valence-corrected chi connectivity index (χ1v) is 13.5. The van der Waals surface area contributed by atoms with E-state index in [1.807, 2.05) is 11.8 Å². The average molecular weight is 582 g/mol. The Bertz CT molecular complexity index is 1530. The first-order valence-electron chi connectivity index (χ1n) is 13.5. The predicted molar refractivity (Wildman–Crippen MR) is 152 cm³/mol. The molecule has 2 aromatic carbocycles. The third kappa shape index (κ3) is 6.14. The van der Waals surface area contributed by atoms with Crippen LogP contribution in [0.5, 0.6) is 0 Å². The summed E-state index contributed by atoms with van der Waals surface area (Å²) in [5, 5.41) is 5.79. The van der Waals surface area contributed by atoms with Gasteiger partial charge in [0.2, 0.25) is 11.9 Å². The maximum absolute atomic E-state index is 13.4. The quantitative estimate of drug-likeness (QED) is 0.360. The van der Waals surface area contributed by atoms with Crippen molar-refractivity contribution < 1.29 is 27.6 Å². The third-order valence-corrected chi connectivity index (χ3v) is 7.27. The summed E-state index contributed by atoms with van der Waals surface area (Å²) in [4.78, 5) is 51.7. The molecule has 3 aromatic rings. The highest BCUT2D eigenvalue weighted by Gasteiger charge is 2.32. The van der Waals surface area contributed by atoms with Crippen molar-refractivity contribution in [1.82, 2.24) is 14.9 Å². The fourth-order valence-electron chi connectivity index (χ4n) is 5.01. The molecule has 3 heterocycles. The smallest absolute Gasteiger partial charge is 0.354 e. The van der Waals surface area contributed by atoms with Gasteiger partial charge in [-0.2, -0.15) is 18.2 Å². The topological polar surface area (TPSA) is 111 Å². The molecule has 0 aliphatic carbocycles. The van der Waals surface area contributed by atoms with E-state index in [4.69, 9.17) is 0 Å². The molecule has 1 aromatic heterocycles. The predicted octanol–water partition coefficient (Wildman–Crippen LogP) is 5.06. The molecule has 2 aliphatic heterocycles. The maximum Gasteiger partial charge on any atom is 0.416 e. The van der Waals surface area contributed by atoms with Crippen LogP contribution in [0.25, 0.3) is 0 Å². The highest BCUT2D eigenvalue weighted by atomic mass is 19.4. The number of likely N-dealkylation sites (tertiary alicyclic amines) is 1. The molecule has 42 heavy (non-hydrogen) atoms. The number of hydrogen-bond acceptors (Lipinski definition) is 6. The van der Waals surface area contributed by atoms with Gasteiger partial charge in [0.05, 0.1) is 17.8 Å². The lowest BCUT2D eigenvalue weighted by atomic mass is 10.1. The van der Waals surface area contributed by atoms with Crippen LogP contribution in [0, 0.1) is 6.92 Å². The van der Waals surface area contributed by atoms with E-state index in [0.717, 1.165) is 37.1 Å². The second kappa shape index (κ2) is 11.7. The Balaban J connectivity index is 1.27. The standard InChI is InChI=1S/C29H30F3N7O3/c1-18-9-10-22(35-26(41)19-6-3-7-21(14-19)29(30,31)32)15-23(18)39-17-20-16-34-27(36-25(20)37(2)28(39)42)33-11-5-13-38-12-4-8-24(38)40/h3,6-7,9-10,14-16H,4-5,8,11-13,17H2,1-2H3,(H,35,41)(H,33,34,36). The number of nitrogens with zero attached hydrogens (tertiary/aromatic N) is 5. The van der Waals surface area contributed by atoms with Gasteiger partial charge in [0, 0.05) is 56.1 Å². The number of alkyl halides is 3. The molecule has 2 aliphatic rings. The van der Waals surface area contributed by atoms with Gasteiger partial charge < -0.3 is 15.5 Å². The van der Waals surface area contributed by atoms with Gasteiger partial charge in [-0.15, -0.1) is 0 Å². The van der Waals surface area contributed by atoms with Gasteiger partial charge in [-0.3, -0.25) is 19.4 Å². The number of amides is 4. The normalized spacial score (nSPS) is 15.2. The van der Waals surface area contributed by atoms with E-state index in [-0.39, 0.29) is 24.0 Å². The van der Waals surface area contributed by atoms with E-state index in [0.29, 0.717) is 48.2 Å². The van der Waals surface area contributed by atoms with Crippen LogP contribution in [-0.2, 0) is 17.5 Å². The van der Waals surface area contributed by atoms with Crippen LogP contribution in [0.1, 0.15) is 46.3 Å². The van der Waals surface area contributed by atoms with Crippen molar-refractivity contribution in [3.05, 3.63) is 70.9 Å². The fraction of sp³-hybridized carbons (Fsp3) is 0.345. The van der Waals surface area contributed by atoms with E-state index in [9.17, 15) is 27.6 Å². The van der Waals surface area contributed by atoms with Crippen LogP contribution in [0.3, 0.4) is 0 Å². The molecule has 0 radical (unpaired) electrons. The van der Waals surface area contributed by atoms with Crippen LogP contribution in [0.15, 0.2) is 48.7 Å². The number of halogens is 3. The zero-order valence-electron chi connectivity index (χ0n) is 23.2. The van der Waals surface area contributed by atoms with Crippen molar-refractivity contribution in [1.29, 1.82) is 0 Å². The fourth-order valence-corrected chi connectivity index (χ4v) is 5.01. The molecular weight excluding hydrogens is 551 g/mol. The number of hydrogen-bond donors (Lipinski definition) is 2. The summed E-state index contributed by atoms with van der Waals surface area (Å²) in [6.45, 7) is 4.03. The summed E-state index contributed by atoms with van der Waals surface area (Å²) in [7, 11) is 1.61. The molecular formula is C29H30F3N7O3. The minimum Gasteiger partial charge on any atom is -0.354 e. The van der Waals surface area contributed by atoms with Gasteiger partial charge in [0.15, 0.2) is 0 Å². The Morgan fingerprint density at radius 1 is 1.12 bits per heavy atom. The molecule has 13 heteroatoms. The van der Waals surface area contributed by atoms with Gasteiger partial charge in [-0.1, -0.05) is 12.1 Å². The second-order valence-electron chi connectivity index (χ2n) is 10.3. The molecule has 1 fully saturated rings. The van der Waals surface area contributed by atoms with Gasteiger partial charge in [-0.25, -0.2) is 9.78 Å². The first kappa shape index (κ1) is 28.8.